The van der Waals surface area contributed by atoms with Crippen LogP contribution in [0, 0.1) is 6.92 Å². The molecule has 0 radical (unpaired) electrons. The van der Waals surface area contributed by atoms with Crippen LogP contribution < -0.4 is 0 Å². The van der Waals surface area contributed by atoms with Crippen molar-refractivity contribution in [2.75, 3.05) is 0 Å². The van der Waals surface area contributed by atoms with Crippen LogP contribution in [-0.2, 0) is 6.54 Å². The van der Waals surface area contributed by atoms with Crippen molar-refractivity contribution in [1.82, 2.24) is 20.2 Å². The Bertz CT molecular complexity index is 481. The number of benzene rings is 1. The Labute approximate surface area is 96.8 Å². The third-order valence-electron chi connectivity index (χ3n) is 2.06. The Kier molecular flexibility index (Phi) is 2.88. The lowest BCUT2D eigenvalue weighted by molar-refractivity contribution is 0.633. The number of nitrogens with zero attached hydrogens (tertiary/aromatic N) is 4. The van der Waals surface area contributed by atoms with E-state index >= 15 is 0 Å². The van der Waals surface area contributed by atoms with Crippen LogP contribution in [0.3, 0.4) is 0 Å². The highest BCUT2D eigenvalue weighted by atomic mass is 35.5. The summed E-state index contributed by atoms with van der Waals surface area (Å²) in [5.74, 6) is 0.742. The minimum Gasteiger partial charge on any atom is -0.225 e. The zero-order valence-corrected chi connectivity index (χ0v) is 9.50. The largest absolute Gasteiger partial charge is 0.225 e. The molecule has 2 rings (SSSR count). The van der Waals surface area contributed by atoms with Crippen molar-refractivity contribution >= 4 is 23.2 Å². The molecule has 1 heterocycles. The molecule has 0 aliphatic carbocycles. The predicted molar refractivity (Wildman–Crippen MR) is 58.1 cm³/mol. The van der Waals surface area contributed by atoms with E-state index in [0.29, 0.717) is 16.6 Å². The van der Waals surface area contributed by atoms with E-state index in [-0.39, 0.29) is 0 Å². The third kappa shape index (κ3) is 2.11. The number of halogens is 2. The average Bonchev–Trinajstić information content (AvgIpc) is 2.60. The van der Waals surface area contributed by atoms with Gasteiger partial charge in [-0.15, -0.1) is 5.10 Å². The van der Waals surface area contributed by atoms with Crippen molar-refractivity contribution in [3.8, 4) is 0 Å². The first kappa shape index (κ1) is 10.4. The van der Waals surface area contributed by atoms with Gasteiger partial charge in [0.2, 0.25) is 0 Å². The van der Waals surface area contributed by atoms with Crippen LogP contribution in [0.1, 0.15) is 11.4 Å². The topological polar surface area (TPSA) is 43.6 Å². The molecule has 0 spiro atoms. The second kappa shape index (κ2) is 4.16. The fraction of sp³-hybridized carbons (Fsp3) is 0.222. The molecule has 1 aromatic carbocycles. The maximum Gasteiger partial charge on any atom is 0.148 e. The smallest absolute Gasteiger partial charge is 0.148 e. The molecule has 15 heavy (non-hydrogen) atoms. The fourth-order valence-corrected chi connectivity index (χ4v) is 1.61. The molecule has 0 amide bonds. The van der Waals surface area contributed by atoms with Crippen molar-refractivity contribution in [2.45, 2.75) is 13.5 Å². The van der Waals surface area contributed by atoms with E-state index in [0.717, 1.165) is 11.4 Å². The van der Waals surface area contributed by atoms with Crippen LogP contribution in [0.5, 0.6) is 0 Å². The van der Waals surface area contributed by atoms with Gasteiger partial charge in [-0.2, -0.15) is 0 Å². The van der Waals surface area contributed by atoms with Crippen LogP contribution in [0.4, 0.5) is 0 Å². The predicted octanol–water partition coefficient (Wildman–Crippen LogP) is 2.34. The summed E-state index contributed by atoms with van der Waals surface area (Å²) in [4.78, 5) is 0. The van der Waals surface area contributed by atoms with E-state index in [2.05, 4.69) is 15.5 Å². The number of hydrogen-bond acceptors (Lipinski definition) is 3. The monoisotopic (exact) mass is 242 g/mol. The van der Waals surface area contributed by atoms with Gasteiger partial charge in [-0.05, 0) is 29.0 Å². The van der Waals surface area contributed by atoms with E-state index in [1.165, 1.54) is 0 Å². The number of aryl methyl sites for hydroxylation is 1. The van der Waals surface area contributed by atoms with Crippen molar-refractivity contribution in [1.29, 1.82) is 0 Å². The van der Waals surface area contributed by atoms with Crippen molar-refractivity contribution in [3.63, 3.8) is 0 Å². The molecule has 2 aromatic rings. The minimum absolute atomic E-state index is 0.526. The van der Waals surface area contributed by atoms with Gasteiger partial charge >= 0.3 is 0 Å². The van der Waals surface area contributed by atoms with Gasteiger partial charge in [0.25, 0.3) is 0 Å². The molecule has 0 aliphatic rings. The quantitative estimate of drug-likeness (QED) is 0.812. The SMILES string of the molecule is Cc1nnnn1Cc1cccc(Cl)c1Cl. The van der Waals surface area contributed by atoms with Gasteiger partial charge in [-0.25, -0.2) is 4.68 Å². The van der Waals surface area contributed by atoms with Gasteiger partial charge in [0.15, 0.2) is 0 Å². The Morgan fingerprint density at radius 1 is 1.33 bits per heavy atom. The lowest BCUT2D eigenvalue weighted by Gasteiger charge is -2.05. The molecule has 0 fully saturated rings. The molecule has 0 saturated heterocycles. The van der Waals surface area contributed by atoms with Crippen LogP contribution >= 0.6 is 23.2 Å². The summed E-state index contributed by atoms with van der Waals surface area (Å²) in [7, 11) is 0. The first-order valence-corrected chi connectivity index (χ1v) is 5.09. The van der Waals surface area contributed by atoms with Crippen LogP contribution in [0.2, 0.25) is 10.0 Å². The Balaban J connectivity index is 2.33. The molecule has 0 saturated carbocycles. The molecule has 0 N–H and O–H groups in total. The number of aromatic nitrogens is 4. The van der Waals surface area contributed by atoms with Gasteiger partial charge in [0.05, 0.1) is 16.6 Å². The standard InChI is InChI=1S/C9H8Cl2N4/c1-6-12-13-14-15(6)5-7-3-2-4-8(10)9(7)11/h2-4H,5H2,1H3. The molecule has 0 atom stereocenters. The van der Waals surface area contributed by atoms with E-state index in [1.807, 2.05) is 19.1 Å². The zero-order valence-electron chi connectivity index (χ0n) is 7.98. The Morgan fingerprint density at radius 3 is 2.80 bits per heavy atom. The molecule has 1 aromatic heterocycles. The molecule has 4 nitrogen and oxygen atoms in total. The summed E-state index contributed by atoms with van der Waals surface area (Å²) in [6.45, 7) is 2.36. The van der Waals surface area contributed by atoms with Crippen LogP contribution in [0.15, 0.2) is 18.2 Å². The molecular weight excluding hydrogens is 235 g/mol. The highest BCUT2D eigenvalue weighted by Gasteiger charge is 2.07. The van der Waals surface area contributed by atoms with Crippen molar-refractivity contribution in [3.05, 3.63) is 39.6 Å². The summed E-state index contributed by atoms with van der Waals surface area (Å²) in [6, 6.07) is 5.50. The van der Waals surface area contributed by atoms with E-state index in [4.69, 9.17) is 23.2 Å². The van der Waals surface area contributed by atoms with Gasteiger partial charge in [0.1, 0.15) is 5.82 Å². The molecule has 0 bridgehead atoms. The minimum atomic E-state index is 0.526. The average molecular weight is 243 g/mol. The molecule has 6 heteroatoms. The summed E-state index contributed by atoms with van der Waals surface area (Å²) < 4.78 is 1.66. The van der Waals surface area contributed by atoms with Crippen molar-refractivity contribution in [2.24, 2.45) is 0 Å². The van der Waals surface area contributed by atoms with Crippen molar-refractivity contribution < 1.29 is 0 Å². The summed E-state index contributed by atoms with van der Waals surface area (Å²) in [5, 5.41) is 12.3. The third-order valence-corrected chi connectivity index (χ3v) is 2.92. The lowest BCUT2D eigenvalue weighted by Crippen LogP contribution is -2.04. The maximum atomic E-state index is 6.05. The second-order valence-electron chi connectivity index (χ2n) is 3.10. The normalized spacial score (nSPS) is 10.6. The van der Waals surface area contributed by atoms with E-state index in [9.17, 15) is 0 Å². The maximum absolute atomic E-state index is 6.05. The van der Waals surface area contributed by atoms with Gasteiger partial charge in [-0.1, -0.05) is 35.3 Å². The number of tetrazole rings is 1. The molecule has 0 aliphatic heterocycles. The first-order chi connectivity index (χ1) is 7.18. The summed E-state index contributed by atoms with van der Waals surface area (Å²) in [6.07, 6.45) is 0. The Hall–Kier alpha value is -1.13. The van der Waals surface area contributed by atoms with Crippen LogP contribution in [-0.4, -0.2) is 20.2 Å². The molecule has 78 valence electrons. The van der Waals surface area contributed by atoms with Gasteiger partial charge in [0, 0.05) is 0 Å². The van der Waals surface area contributed by atoms with Gasteiger partial charge < -0.3 is 0 Å². The fourth-order valence-electron chi connectivity index (χ4n) is 1.23. The lowest BCUT2D eigenvalue weighted by atomic mass is 10.2. The summed E-state index contributed by atoms with van der Waals surface area (Å²) in [5.41, 5.74) is 0.902. The second-order valence-corrected chi connectivity index (χ2v) is 3.88. The zero-order chi connectivity index (χ0) is 10.8. The van der Waals surface area contributed by atoms with Gasteiger partial charge in [-0.3, -0.25) is 0 Å². The summed E-state index contributed by atoms with van der Waals surface area (Å²) >= 11 is 11.9. The van der Waals surface area contributed by atoms with E-state index in [1.54, 1.807) is 10.7 Å². The van der Waals surface area contributed by atoms with Crippen LogP contribution in [0.25, 0.3) is 0 Å². The first-order valence-electron chi connectivity index (χ1n) is 4.34. The molecule has 0 unspecified atom stereocenters. The molecular formula is C9H8Cl2N4. The number of hydrogen-bond donors (Lipinski definition) is 0. The highest BCUT2D eigenvalue weighted by molar-refractivity contribution is 6.42. The number of rotatable bonds is 2. The van der Waals surface area contributed by atoms with E-state index < -0.39 is 0 Å². The Morgan fingerprint density at radius 2 is 2.13 bits per heavy atom. The highest BCUT2D eigenvalue weighted by Crippen LogP contribution is 2.25.